The molecule has 1 unspecified atom stereocenters. The molecule has 1 aromatic rings. The standard InChI is InChI=1S/C12H19N5O4/c1-21-4-2-3-9(12(19)20)14-11(18)10-7-17(16-15-10)8-5-13-6-8/h7-9,13H,2-6H2,1H3,(H,14,18)(H,19,20). The van der Waals surface area contributed by atoms with Crippen molar-refractivity contribution in [3.63, 3.8) is 0 Å². The molecule has 0 saturated carbocycles. The first-order chi connectivity index (χ1) is 10.1. The Kier molecular flexibility index (Phi) is 5.23. The van der Waals surface area contributed by atoms with Gasteiger partial charge in [0.05, 0.1) is 12.2 Å². The number of ether oxygens (including phenoxy) is 1. The molecule has 1 fully saturated rings. The minimum atomic E-state index is -1.07. The molecule has 2 heterocycles. The van der Waals surface area contributed by atoms with Gasteiger partial charge in [-0.3, -0.25) is 4.79 Å². The van der Waals surface area contributed by atoms with Crippen LogP contribution in [0.1, 0.15) is 29.4 Å². The lowest BCUT2D eigenvalue weighted by Gasteiger charge is -2.26. The molecule has 116 valence electrons. The summed E-state index contributed by atoms with van der Waals surface area (Å²) in [6.45, 7) is 2.03. The zero-order valence-corrected chi connectivity index (χ0v) is 11.8. The molecule has 0 aliphatic carbocycles. The van der Waals surface area contributed by atoms with Crippen molar-refractivity contribution in [3.8, 4) is 0 Å². The number of rotatable bonds is 8. The number of carboxylic acids is 1. The molecule has 9 nitrogen and oxygen atoms in total. The normalized spacial score (nSPS) is 16.2. The zero-order valence-electron chi connectivity index (χ0n) is 11.8. The second kappa shape index (κ2) is 7.14. The van der Waals surface area contributed by atoms with Crippen molar-refractivity contribution < 1.29 is 19.4 Å². The van der Waals surface area contributed by atoms with Crippen LogP contribution in [0.25, 0.3) is 0 Å². The van der Waals surface area contributed by atoms with Gasteiger partial charge >= 0.3 is 5.97 Å². The summed E-state index contributed by atoms with van der Waals surface area (Å²) in [5.41, 5.74) is 0.125. The predicted octanol–water partition coefficient (Wildman–Crippen LogP) is -0.968. The third kappa shape index (κ3) is 3.99. The van der Waals surface area contributed by atoms with E-state index in [0.29, 0.717) is 19.4 Å². The first kappa shape index (κ1) is 15.4. The summed E-state index contributed by atoms with van der Waals surface area (Å²) in [5.74, 6) is -1.60. The number of carbonyl (C=O) groups is 2. The molecule has 1 aliphatic rings. The second-order valence-corrected chi connectivity index (χ2v) is 4.90. The van der Waals surface area contributed by atoms with Gasteiger partial charge < -0.3 is 20.5 Å². The van der Waals surface area contributed by atoms with Gasteiger partial charge in [-0.25, -0.2) is 9.48 Å². The van der Waals surface area contributed by atoms with Crippen LogP contribution < -0.4 is 10.6 Å². The number of hydrogen-bond acceptors (Lipinski definition) is 6. The topological polar surface area (TPSA) is 118 Å². The minimum absolute atomic E-state index is 0.125. The minimum Gasteiger partial charge on any atom is -0.480 e. The highest BCUT2D eigenvalue weighted by molar-refractivity contribution is 5.94. The molecule has 21 heavy (non-hydrogen) atoms. The lowest BCUT2D eigenvalue weighted by atomic mass is 10.1. The highest BCUT2D eigenvalue weighted by Gasteiger charge is 2.24. The number of carbonyl (C=O) groups excluding carboxylic acids is 1. The van der Waals surface area contributed by atoms with E-state index in [1.54, 1.807) is 11.8 Å². The Balaban J connectivity index is 1.91. The molecule has 1 amide bonds. The number of nitrogens with zero attached hydrogens (tertiary/aromatic N) is 3. The maximum atomic E-state index is 12.0. The molecule has 3 N–H and O–H groups in total. The molecule has 0 spiro atoms. The summed E-state index contributed by atoms with van der Waals surface area (Å²) < 4.78 is 6.49. The van der Waals surface area contributed by atoms with Gasteiger partial charge in [-0.15, -0.1) is 5.10 Å². The quantitative estimate of drug-likeness (QED) is 0.528. The smallest absolute Gasteiger partial charge is 0.326 e. The van der Waals surface area contributed by atoms with Crippen LogP contribution in [0.3, 0.4) is 0 Å². The Labute approximate surface area is 121 Å². The number of hydrogen-bond donors (Lipinski definition) is 3. The Bertz CT molecular complexity index is 500. The van der Waals surface area contributed by atoms with E-state index in [4.69, 9.17) is 9.84 Å². The number of amides is 1. The van der Waals surface area contributed by atoms with Crippen molar-refractivity contribution in [2.45, 2.75) is 24.9 Å². The van der Waals surface area contributed by atoms with E-state index in [0.717, 1.165) is 13.1 Å². The predicted molar refractivity (Wildman–Crippen MR) is 71.9 cm³/mol. The van der Waals surface area contributed by atoms with Gasteiger partial charge in [0, 0.05) is 26.8 Å². The number of aromatic nitrogens is 3. The molecular weight excluding hydrogens is 278 g/mol. The fraction of sp³-hybridized carbons (Fsp3) is 0.667. The number of carboxylic acid groups (broad SMARTS) is 1. The Morgan fingerprint density at radius 2 is 2.38 bits per heavy atom. The molecule has 0 radical (unpaired) electrons. The SMILES string of the molecule is COCCCC(NC(=O)c1cn(C2CNC2)nn1)C(=O)O. The van der Waals surface area contributed by atoms with Crippen molar-refractivity contribution >= 4 is 11.9 Å². The monoisotopic (exact) mass is 297 g/mol. The van der Waals surface area contributed by atoms with E-state index in [2.05, 4.69) is 20.9 Å². The summed E-state index contributed by atoms with van der Waals surface area (Å²) in [7, 11) is 1.54. The molecular formula is C12H19N5O4. The molecule has 1 aliphatic heterocycles. The largest absolute Gasteiger partial charge is 0.480 e. The summed E-state index contributed by atoms with van der Waals surface area (Å²) in [6, 6.07) is -0.751. The first-order valence-electron chi connectivity index (χ1n) is 6.77. The Hall–Kier alpha value is -2.00. The highest BCUT2D eigenvalue weighted by atomic mass is 16.5. The maximum absolute atomic E-state index is 12.0. The van der Waals surface area contributed by atoms with E-state index >= 15 is 0 Å². The summed E-state index contributed by atoms with van der Waals surface area (Å²) in [4.78, 5) is 23.1. The fourth-order valence-corrected chi connectivity index (χ4v) is 1.94. The molecule has 1 saturated heterocycles. The zero-order chi connectivity index (χ0) is 15.2. The van der Waals surface area contributed by atoms with Gasteiger partial charge in [-0.05, 0) is 12.8 Å². The van der Waals surface area contributed by atoms with Crippen LogP contribution in [0.2, 0.25) is 0 Å². The fourth-order valence-electron chi connectivity index (χ4n) is 1.94. The van der Waals surface area contributed by atoms with Crippen molar-refractivity contribution in [2.75, 3.05) is 26.8 Å². The number of aliphatic carboxylic acids is 1. The van der Waals surface area contributed by atoms with Crippen LogP contribution in [-0.2, 0) is 9.53 Å². The van der Waals surface area contributed by atoms with E-state index in [-0.39, 0.29) is 11.7 Å². The van der Waals surface area contributed by atoms with E-state index in [1.165, 1.54) is 6.20 Å². The van der Waals surface area contributed by atoms with Gasteiger partial charge in [0.2, 0.25) is 0 Å². The van der Waals surface area contributed by atoms with Crippen molar-refractivity contribution in [2.24, 2.45) is 0 Å². The number of nitrogens with one attached hydrogen (secondary N) is 2. The van der Waals surface area contributed by atoms with E-state index in [9.17, 15) is 9.59 Å². The van der Waals surface area contributed by atoms with E-state index in [1.807, 2.05) is 0 Å². The van der Waals surface area contributed by atoms with Crippen molar-refractivity contribution in [3.05, 3.63) is 11.9 Å². The molecule has 1 atom stereocenters. The van der Waals surface area contributed by atoms with Gasteiger partial charge in [0.15, 0.2) is 5.69 Å². The van der Waals surface area contributed by atoms with Gasteiger partial charge in [-0.1, -0.05) is 5.21 Å². The van der Waals surface area contributed by atoms with Crippen LogP contribution in [0, 0.1) is 0 Å². The highest BCUT2D eigenvalue weighted by Crippen LogP contribution is 2.10. The first-order valence-corrected chi connectivity index (χ1v) is 6.77. The third-order valence-corrected chi connectivity index (χ3v) is 3.32. The van der Waals surface area contributed by atoms with Crippen molar-refractivity contribution in [1.29, 1.82) is 0 Å². The lowest BCUT2D eigenvalue weighted by Crippen LogP contribution is -2.43. The number of methoxy groups -OCH3 is 1. The van der Waals surface area contributed by atoms with Crippen LogP contribution in [0.15, 0.2) is 6.20 Å². The van der Waals surface area contributed by atoms with Gasteiger partial charge in [0.1, 0.15) is 6.04 Å². The maximum Gasteiger partial charge on any atom is 0.326 e. The average molecular weight is 297 g/mol. The summed E-state index contributed by atoms with van der Waals surface area (Å²) >= 11 is 0. The molecule has 1 aromatic heterocycles. The Morgan fingerprint density at radius 3 is 2.95 bits per heavy atom. The van der Waals surface area contributed by atoms with Crippen LogP contribution in [-0.4, -0.2) is 64.8 Å². The van der Waals surface area contributed by atoms with Crippen LogP contribution >= 0.6 is 0 Å². The molecule has 2 rings (SSSR count). The van der Waals surface area contributed by atoms with Gasteiger partial charge in [-0.2, -0.15) is 0 Å². The van der Waals surface area contributed by atoms with Gasteiger partial charge in [0.25, 0.3) is 5.91 Å². The second-order valence-electron chi connectivity index (χ2n) is 4.90. The molecule has 9 heteroatoms. The Morgan fingerprint density at radius 1 is 1.62 bits per heavy atom. The van der Waals surface area contributed by atoms with Crippen LogP contribution in [0.4, 0.5) is 0 Å². The third-order valence-electron chi connectivity index (χ3n) is 3.32. The molecule has 0 aromatic carbocycles. The van der Waals surface area contributed by atoms with Crippen LogP contribution in [0.5, 0.6) is 0 Å². The van der Waals surface area contributed by atoms with E-state index < -0.39 is 17.9 Å². The average Bonchev–Trinajstić information content (AvgIpc) is 2.84. The molecule has 0 bridgehead atoms. The lowest BCUT2D eigenvalue weighted by molar-refractivity contribution is -0.139. The summed E-state index contributed by atoms with van der Waals surface area (Å²) in [5, 5.41) is 22.3. The summed E-state index contributed by atoms with van der Waals surface area (Å²) in [6.07, 6.45) is 2.39. The van der Waals surface area contributed by atoms with Crippen molar-refractivity contribution in [1.82, 2.24) is 25.6 Å².